The summed E-state index contributed by atoms with van der Waals surface area (Å²) < 4.78 is 5.38. The Balaban J connectivity index is 2.03. The molecule has 1 aromatic rings. The highest BCUT2D eigenvalue weighted by molar-refractivity contribution is 9.09. The largest absolute Gasteiger partial charge is 0.494 e. The zero-order valence-electron chi connectivity index (χ0n) is 11.2. The zero-order chi connectivity index (χ0) is 13.7. The van der Waals surface area contributed by atoms with E-state index in [2.05, 4.69) is 21.2 Å². The Bertz CT molecular complexity index is 424. The molecule has 3 nitrogen and oxygen atoms in total. The molecule has 0 saturated heterocycles. The summed E-state index contributed by atoms with van der Waals surface area (Å²) in [5.74, 6) is 0.805. The zero-order valence-corrected chi connectivity index (χ0v) is 12.8. The van der Waals surface area contributed by atoms with Crippen molar-refractivity contribution in [3.05, 3.63) is 29.8 Å². The number of alkyl halides is 1. The predicted octanol–water partition coefficient (Wildman–Crippen LogP) is 3.52. The molecule has 1 N–H and O–H groups in total. The lowest BCUT2D eigenvalue weighted by Crippen LogP contribution is -2.47. The Labute approximate surface area is 122 Å². The Hall–Kier alpha value is -1.03. The van der Waals surface area contributed by atoms with Crippen LogP contribution in [0.5, 0.6) is 5.75 Å². The fourth-order valence-electron chi connectivity index (χ4n) is 2.53. The normalized spacial score (nSPS) is 17.2. The number of rotatable bonds is 5. The molecule has 0 bridgehead atoms. The van der Waals surface area contributed by atoms with Crippen LogP contribution in [0.15, 0.2) is 24.3 Å². The first kappa shape index (κ1) is 14.4. The number of nitrogens with one attached hydrogen (secondary N) is 1. The van der Waals surface area contributed by atoms with E-state index in [0.717, 1.165) is 23.9 Å². The number of hydrogen-bond acceptors (Lipinski definition) is 2. The standard InChI is InChI=1S/C15H20BrNO2/c1-2-19-13-7-5-12(6-8-13)14(18)17-15(11-16)9-3-4-10-15/h5-8H,2-4,9-11H2,1H3,(H,17,18). The molecule has 1 fully saturated rings. The number of hydrogen-bond donors (Lipinski definition) is 1. The number of carbonyl (C=O) groups is 1. The van der Waals surface area contributed by atoms with Gasteiger partial charge in [0.1, 0.15) is 5.75 Å². The van der Waals surface area contributed by atoms with Crippen LogP contribution in [0.4, 0.5) is 0 Å². The lowest BCUT2D eigenvalue weighted by atomic mass is 10.00. The third-order valence-electron chi connectivity index (χ3n) is 3.62. The molecule has 1 amide bonds. The van der Waals surface area contributed by atoms with Crippen LogP contribution in [0.3, 0.4) is 0 Å². The van der Waals surface area contributed by atoms with Crippen molar-refractivity contribution in [2.45, 2.75) is 38.1 Å². The van der Waals surface area contributed by atoms with E-state index in [0.29, 0.717) is 12.2 Å². The number of benzene rings is 1. The van der Waals surface area contributed by atoms with Crippen molar-refractivity contribution >= 4 is 21.8 Å². The van der Waals surface area contributed by atoms with E-state index in [4.69, 9.17) is 4.74 Å². The molecule has 19 heavy (non-hydrogen) atoms. The van der Waals surface area contributed by atoms with E-state index in [1.165, 1.54) is 12.8 Å². The lowest BCUT2D eigenvalue weighted by molar-refractivity contribution is 0.0910. The van der Waals surface area contributed by atoms with Gasteiger partial charge >= 0.3 is 0 Å². The van der Waals surface area contributed by atoms with Crippen LogP contribution < -0.4 is 10.1 Å². The van der Waals surface area contributed by atoms with Crippen molar-refractivity contribution in [3.63, 3.8) is 0 Å². The maximum atomic E-state index is 12.3. The fraction of sp³-hybridized carbons (Fsp3) is 0.533. The van der Waals surface area contributed by atoms with Gasteiger partial charge in [-0.15, -0.1) is 0 Å². The molecule has 0 atom stereocenters. The summed E-state index contributed by atoms with van der Waals surface area (Å²) in [6, 6.07) is 7.32. The Morgan fingerprint density at radius 3 is 2.47 bits per heavy atom. The molecule has 1 saturated carbocycles. The molecule has 104 valence electrons. The van der Waals surface area contributed by atoms with Gasteiger partial charge in [0.05, 0.1) is 12.1 Å². The average molecular weight is 326 g/mol. The topological polar surface area (TPSA) is 38.3 Å². The van der Waals surface area contributed by atoms with E-state index in [-0.39, 0.29) is 11.4 Å². The Kier molecular flexibility index (Phi) is 4.86. The van der Waals surface area contributed by atoms with Gasteiger partial charge in [0.25, 0.3) is 5.91 Å². The van der Waals surface area contributed by atoms with Crippen molar-refractivity contribution in [3.8, 4) is 5.75 Å². The van der Waals surface area contributed by atoms with Crippen molar-refractivity contribution in [1.82, 2.24) is 5.32 Å². The highest BCUT2D eigenvalue weighted by Crippen LogP contribution is 2.31. The quantitative estimate of drug-likeness (QED) is 0.841. The highest BCUT2D eigenvalue weighted by atomic mass is 79.9. The molecule has 0 unspecified atom stereocenters. The van der Waals surface area contributed by atoms with Crippen LogP contribution >= 0.6 is 15.9 Å². The molecule has 1 aliphatic rings. The van der Waals surface area contributed by atoms with Gasteiger partial charge in [-0.05, 0) is 44.0 Å². The SMILES string of the molecule is CCOc1ccc(C(=O)NC2(CBr)CCCC2)cc1. The molecular formula is C15H20BrNO2. The summed E-state index contributed by atoms with van der Waals surface area (Å²) in [6.45, 7) is 2.58. The van der Waals surface area contributed by atoms with Crippen LogP contribution in [-0.4, -0.2) is 23.4 Å². The molecule has 0 radical (unpaired) electrons. The third-order valence-corrected chi connectivity index (χ3v) is 4.70. The predicted molar refractivity (Wildman–Crippen MR) is 80.1 cm³/mol. The van der Waals surface area contributed by atoms with Gasteiger partial charge < -0.3 is 10.1 Å². The third kappa shape index (κ3) is 3.50. The van der Waals surface area contributed by atoms with Gasteiger partial charge in [0, 0.05) is 10.9 Å². The van der Waals surface area contributed by atoms with Crippen LogP contribution in [0.1, 0.15) is 43.0 Å². The van der Waals surface area contributed by atoms with Crippen LogP contribution in [-0.2, 0) is 0 Å². The Morgan fingerprint density at radius 1 is 1.32 bits per heavy atom. The van der Waals surface area contributed by atoms with E-state index in [1.54, 1.807) is 0 Å². The van der Waals surface area contributed by atoms with E-state index in [1.807, 2.05) is 31.2 Å². The fourth-order valence-corrected chi connectivity index (χ4v) is 3.23. The first-order valence-corrected chi connectivity index (χ1v) is 7.92. The van der Waals surface area contributed by atoms with Gasteiger partial charge in [0.2, 0.25) is 0 Å². The van der Waals surface area contributed by atoms with Crippen molar-refractivity contribution < 1.29 is 9.53 Å². The molecule has 0 heterocycles. The van der Waals surface area contributed by atoms with Crippen molar-refractivity contribution in [1.29, 1.82) is 0 Å². The van der Waals surface area contributed by atoms with E-state index in [9.17, 15) is 4.79 Å². The maximum absolute atomic E-state index is 12.3. The smallest absolute Gasteiger partial charge is 0.251 e. The first-order chi connectivity index (χ1) is 9.19. The summed E-state index contributed by atoms with van der Waals surface area (Å²) in [5.41, 5.74) is 0.631. The molecular weight excluding hydrogens is 306 g/mol. The number of halogens is 1. The van der Waals surface area contributed by atoms with Gasteiger partial charge in [-0.3, -0.25) is 4.79 Å². The number of carbonyl (C=O) groups excluding carboxylic acids is 1. The molecule has 2 rings (SSSR count). The molecule has 1 aliphatic carbocycles. The monoisotopic (exact) mass is 325 g/mol. The molecule has 0 aromatic heterocycles. The number of ether oxygens (including phenoxy) is 1. The summed E-state index contributed by atoms with van der Waals surface area (Å²) in [5, 5.41) is 4.01. The molecule has 0 aliphatic heterocycles. The first-order valence-electron chi connectivity index (χ1n) is 6.80. The minimum atomic E-state index is -0.0598. The summed E-state index contributed by atoms with van der Waals surface area (Å²) in [4.78, 5) is 12.3. The van der Waals surface area contributed by atoms with Crippen LogP contribution in [0.25, 0.3) is 0 Å². The maximum Gasteiger partial charge on any atom is 0.251 e. The molecule has 4 heteroatoms. The van der Waals surface area contributed by atoms with Gasteiger partial charge in [-0.2, -0.15) is 0 Å². The van der Waals surface area contributed by atoms with Crippen LogP contribution in [0, 0.1) is 0 Å². The van der Waals surface area contributed by atoms with Crippen molar-refractivity contribution in [2.75, 3.05) is 11.9 Å². The second-order valence-corrected chi connectivity index (χ2v) is 5.59. The minimum absolute atomic E-state index is 0.00407. The summed E-state index contributed by atoms with van der Waals surface area (Å²) in [7, 11) is 0. The van der Waals surface area contributed by atoms with Gasteiger partial charge in [-0.25, -0.2) is 0 Å². The average Bonchev–Trinajstić information content (AvgIpc) is 2.89. The minimum Gasteiger partial charge on any atom is -0.494 e. The van der Waals surface area contributed by atoms with E-state index < -0.39 is 0 Å². The van der Waals surface area contributed by atoms with Gasteiger partial charge in [0.15, 0.2) is 0 Å². The highest BCUT2D eigenvalue weighted by Gasteiger charge is 2.34. The summed E-state index contributed by atoms with van der Waals surface area (Å²) in [6.07, 6.45) is 4.49. The van der Waals surface area contributed by atoms with Gasteiger partial charge in [-0.1, -0.05) is 28.8 Å². The number of amides is 1. The van der Waals surface area contributed by atoms with Crippen molar-refractivity contribution in [2.24, 2.45) is 0 Å². The van der Waals surface area contributed by atoms with E-state index >= 15 is 0 Å². The second-order valence-electron chi connectivity index (χ2n) is 5.03. The lowest BCUT2D eigenvalue weighted by Gasteiger charge is -2.28. The Morgan fingerprint density at radius 2 is 1.95 bits per heavy atom. The second kappa shape index (κ2) is 6.42. The summed E-state index contributed by atoms with van der Waals surface area (Å²) >= 11 is 3.53. The molecule has 0 spiro atoms. The van der Waals surface area contributed by atoms with Crippen LogP contribution in [0.2, 0.25) is 0 Å². The molecule has 1 aromatic carbocycles.